The maximum Gasteiger partial charge on any atom is 0.162 e. The van der Waals surface area contributed by atoms with Gasteiger partial charge in [-0.3, -0.25) is 4.98 Å². The first-order chi connectivity index (χ1) is 15.3. The van der Waals surface area contributed by atoms with Crippen LogP contribution in [0.1, 0.15) is 30.7 Å². The van der Waals surface area contributed by atoms with E-state index < -0.39 is 0 Å². The molecule has 3 aliphatic rings. The van der Waals surface area contributed by atoms with E-state index in [2.05, 4.69) is 25.5 Å². The maximum absolute atomic E-state index is 5.48. The van der Waals surface area contributed by atoms with Gasteiger partial charge in [-0.25, -0.2) is 15.0 Å². The number of anilines is 2. The molecule has 0 bridgehead atoms. The molecule has 160 valence electrons. The molecule has 2 N–H and O–H groups in total. The van der Waals surface area contributed by atoms with Crippen LogP contribution >= 0.6 is 0 Å². The lowest BCUT2D eigenvalue weighted by molar-refractivity contribution is 0.195. The largest absolute Gasteiger partial charge is 0.379 e. The van der Waals surface area contributed by atoms with Gasteiger partial charge < -0.3 is 20.3 Å². The van der Waals surface area contributed by atoms with Crippen LogP contribution in [0.3, 0.4) is 0 Å². The molecule has 0 aromatic carbocycles. The van der Waals surface area contributed by atoms with Crippen molar-refractivity contribution in [3.8, 4) is 11.4 Å². The standard InChI is InChI=1S/C23H27N7O/c1-2-15(1)18-12-25-13-19-21(18)23(30-8-6-24-7-9-30)29-22(28-19)16-3-5-26-20(11-16)27-17-4-10-31-14-17/h3,5,11-13,15,17,24H,1-2,4,6-10,14H2,(H,26,27). The van der Waals surface area contributed by atoms with Crippen LogP contribution in [-0.2, 0) is 4.74 Å². The molecule has 0 amide bonds. The fourth-order valence-electron chi connectivity index (χ4n) is 4.53. The fraction of sp³-hybridized carbons (Fsp3) is 0.478. The van der Waals surface area contributed by atoms with Crippen molar-refractivity contribution in [2.75, 3.05) is 49.6 Å². The molecular weight excluding hydrogens is 390 g/mol. The highest BCUT2D eigenvalue weighted by Gasteiger charge is 2.29. The average molecular weight is 418 g/mol. The molecule has 3 aromatic heterocycles. The molecule has 1 aliphatic carbocycles. The van der Waals surface area contributed by atoms with Crippen LogP contribution in [0, 0.1) is 0 Å². The summed E-state index contributed by atoms with van der Waals surface area (Å²) in [4.78, 5) is 21.5. The summed E-state index contributed by atoms with van der Waals surface area (Å²) >= 11 is 0. The molecule has 2 aliphatic heterocycles. The van der Waals surface area contributed by atoms with E-state index in [0.29, 0.717) is 12.0 Å². The predicted molar refractivity (Wildman–Crippen MR) is 120 cm³/mol. The Bertz CT molecular complexity index is 1090. The van der Waals surface area contributed by atoms with Crippen molar-refractivity contribution in [2.24, 2.45) is 0 Å². The predicted octanol–water partition coefficient (Wildman–Crippen LogP) is 2.57. The second kappa shape index (κ2) is 8.01. The first-order valence-electron chi connectivity index (χ1n) is 11.3. The van der Waals surface area contributed by atoms with Gasteiger partial charge in [0.15, 0.2) is 5.82 Å². The molecule has 5 heterocycles. The van der Waals surface area contributed by atoms with Gasteiger partial charge in [-0.05, 0) is 42.9 Å². The fourth-order valence-corrected chi connectivity index (χ4v) is 4.53. The van der Waals surface area contributed by atoms with Gasteiger partial charge >= 0.3 is 0 Å². The van der Waals surface area contributed by atoms with Gasteiger partial charge in [0, 0.05) is 56.1 Å². The quantitative estimate of drug-likeness (QED) is 0.655. The Morgan fingerprint density at radius 1 is 1.10 bits per heavy atom. The molecule has 0 spiro atoms. The van der Waals surface area contributed by atoms with Gasteiger partial charge in [-0.15, -0.1) is 0 Å². The van der Waals surface area contributed by atoms with Crippen molar-refractivity contribution >= 4 is 22.5 Å². The molecule has 8 heteroatoms. The minimum Gasteiger partial charge on any atom is -0.379 e. The summed E-state index contributed by atoms with van der Waals surface area (Å²) in [5.41, 5.74) is 3.20. The molecule has 1 atom stereocenters. The summed E-state index contributed by atoms with van der Waals surface area (Å²) < 4.78 is 5.48. The Balaban J connectivity index is 1.43. The first-order valence-corrected chi connectivity index (χ1v) is 11.3. The van der Waals surface area contributed by atoms with E-state index in [1.54, 1.807) is 0 Å². The highest BCUT2D eigenvalue weighted by atomic mass is 16.5. The van der Waals surface area contributed by atoms with E-state index in [4.69, 9.17) is 14.7 Å². The third kappa shape index (κ3) is 3.81. The molecule has 1 saturated carbocycles. The third-order valence-electron chi connectivity index (χ3n) is 6.35. The number of hydrogen-bond acceptors (Lipinski definition) is 8. The van der Waals surface area contributed by atoms with Crippen molar-refractivity contribution in [1.29, 1.82) is 0 Å². The first kappa shape index (κ1) is 18.9. The number of aromatic nitrogens is 4. The van der Waals surface area contributed by atoms with Crippen LogP contribution < -0.4 is 15.5 Å². The normalized spacial score (nSPS) is 21.5. The Hall–Kier alpha value is -2.84. The van der Waals surface area contributed by atoms with Gasteiger partial charge in [0.25, 0.3) is 0 Å². The molecule has 3 fully saturated rings. The third-order valence-corrected chi connectivity index (χ3v) is 6.35. The summed E-state index contributed by atoms with van der Waals surface area (Å²) in [6, 6.07) is 4.33. The number of ether oxygens (including phenoxy) is 1. The van der Waals surface area contributed by atoms with Gasteiger partial charge in [0.2, 0.25) is 0 Å². The number of nitrogens with zero attached hydrogens (tertiary/aromatic N) is 5. The zero-order valence-corrected chi connectivity index (χ0v) is 17.5. The Morgan fingerprint density at radius 3 is 2.81 bits per heavy atom. The number of piperazine rings is 1. The van der Waals surface area contributed by atoms with E-state index in [1.807, 2.05) is 30.7 Å². The summed E-state index contributed by atoms with van der Waals surface area (Å²) in [7, 11) is 0. The molecule has 8 nitrogen and oxygen atoms in total. The van der Waals surface area contributed by atoms with Crippen LogP contribution in [0.4, 0.5) is 11.6 Å². The van der Waals surface area contributed by atoms with Gasteiger partial charge in [0.05, 0.1) is 24.4 Å². The lowest BCUT2D eigenvalue weighted by atomic mass is 10.1. The van der Waals surface area contributed by atoms with Crippen molar-refractivity contribution in [2.45, 2.75) is 31.2 Å². The molecule has 0 radical (unpaired) electrons. The Morgan fingerprint density at radius 2 is 2.00 bits per heavy atom. The van der Waals surface area contributed by atoms with Gasteiger partial charge in [-0.1, -0.05) is 0 Å². The van der Waals surface area contributed by atoms with Crippen molar-refractivity contribution in [1.82, 2.24) is 25.3 Å². The molecule has 3 aromatic rings. The van der Waals surface area contributed by atoms with Gasteiger partial charge in [0.1, 0.15) is 11.6 Å². The lowest BCUT2D eigenvalue weighted by Gasteiger charge is -2.30. The number of hydrogen-bond donors (Lipinski definition) is 2. The van der Waals surface area contributed by atoms with Crippen molar-refractivity contribution < 1.29 is 4.74 Å². The summed E-state index contributed by atoms with van der Waals surface area (Å²) in [6.07, 6.45) is 9.19. The number of nitrogens with one attached hydrogen (secondary N) is 2. The van der Waals surface area contributed by atoms with Crippen molar-refractivity contribution in [3.05, 3.63) is 36.3 Å². The van der Waals surface area contributed by atoms with E-state index in [9.17, 15) is 0 Å². The Labute approximate surface area is 181 Å². The van der Waals surface area contributed by atoms with Crippen LogP contribution in [0.25, 0.3) is 22.3 Å². The molecule has 31 heavy (non-hydrogen) atoms. The minimum absolute atomic E-state index is 0.307. The zero-order chi connectivity index (χ0) is 20.6. The van der Waals surface area contributed by atoms with E-state index in [0.717, 1.165) is 74.4 Å². The SMILES string of the molecule is c1cc(-c2nc(N3CCNCC3)c3c(C4CC4)cncc3n2)cc(NC2CCOC2)n1. The highest BCUT2D eigenvalue weighted by Crippen LogP contribution is 2.44. The van der Waals surface area contributed by atoms with E-state index in [-0.39, 0.29) is 0 Å². The highest BCUT2D eigenvalue weighted by molar-refractivity contribution is 5.94. The zero-order valence-electron chi connectivity index (χ0n) is 17.5. The van der Waals surface area contributed by atoms with Crippen LogP contribution in [0.2, 0.25) is 0 Å². The molecule has 2 saturated heterocycles. The second-order valence-electron chi connectivity index (χ2n) is 8.64. The smallest absolute Gasteiger partial charge is 0.162 e. The van der Waals surface area contributed by atoms with Crippen LogP contribution in [-0.4, -0.2) is 65.4 Å². The number of fused-ring (bicyclic) bond motifs is 1. The van der Waals surface area contributed by atoms with E-state index in [1.165, 1.54) is 23.8 Å². The summed E-state index contributed by atoms with van der Waals surface area (Å²) in [5, 5.41) is 8.10. The van der Waals surface area contributed by atoms with E-state index >= 15 is 0 Å². The maximum atomic E-state index is 5.48. The van der Waals surface area contributed by atoms with Crippen LogP contribution in [0.5, 0.6) is 0 Å². The molecule has 6 rings (SSSR count). The Kier molecular flexibility index (Phi) is 4.88. The average Bonchev–Trinajstić information content (AvgIpc) is 3.55. The summed E-state index contributed by atoms with van der Waals surface area (Å²) in [6.45, 7) is 5.36. The minimum atomic E-state index is 0.307. The lowest BCUT2D eigenvalue weighted by Crippen LogP contribution is -2.44. The topological polar surface area (TPSA) is 88.1 Å². The second-order valence-corrected chi connectivity index (χ2v) is 8.64. The number of pyridine rings is 2. The van der Waals surface area contributed by atoms with Crippen LogP contribution in [0.15, 0.2) is 30.7 Å². The summed E-state index contributed by atoms with van der Waals surface area (Å²) in [5.74, 6) is 3.20. The van der Waals surface area contributed by atoms with Gasteiger partial charge in [-0.2, -0.15) is 0 Å². The number of rotatable bonds is 5. The van der Waals surface area contributed by atoms with Crippen molar-refractivity contribution in [3.63, 3.8) is 0 Å². The molecular formula is C23H27N7O. The molecule has 1 unspecified atom stereocenters. The monoisotopic (exact) mass is 417 g/mol.